The summed E-state index contributed by atoms with van der Waals surface area (Å²) in [6.07, 6.45) is 4.33. The van der Waals surface area contributed by atoms with Gasteiger partial charge in [-0.15, -0.1) is 0 Å². The van der Waals surface area contributed by atoms with Crippen LogP contribution in [0.3, 0.4) is 0 Å². The molecule has 0 amide bonds. The van der Waals surface area contributed by atoms with Crippen LogP contribution in [0.4, 0.5) is 0 Å². The van der Waals surface area contributed by atoms with E-state index in [1.165, 1.54) is 5.56 Å². The van der Waals surface area contributed by atoms with Crippen LogP contribution in [-0.2, 0) is 0 Å². The Kier molecular flexibility index (Phi) is 6.19. The molecule has 2 rings (SSSR count). The molecule has 0 radical (unpaired) electrons. The van der Waals surface area contributed by atoms with Crippen LogP contribution in [-0.4, -0.2) is 53.2 Å². The summed E-state index contributed by atoms with van der Waals surface area (Å²) in [6.45, 7) is 9.63. The standard InChI is InChI=1S/C17H28N4O/c1-4-19-17(21-9-7-15(22)12-21)20-11-16(13(2)3)14-6-5-8-18-10-14/h5-6,8,10,13,15-16,22H,4,7,9,11-12H2,1-3H3,(H,19,20)/t15-,16?/m1/s1. The van der Waals surface area contributed by atoms with Crippen molar-refractivity contribution in [3.8, 4) is 0 Å². The lowest BCUT2D eigenvalue weighted by molar-refractivity contribution is 0.187. The summed E-state index contributed by atoms with van der Waals surface area (Å²) in [5, 5.41) is 13.1. The molecule has 1 aromatic heterocycles. The van der Waals surface area contributed by atoms with E-state index in [4.69, 9.17) is 4.99 Å². The maximum Gasteiger partial charge on any atom is 0.194 e. The number of likely N-dealkylation sites (tertiary alicyclic amines) is 1. The molecule has 0 aliphatic carbocycles. The second kappa shape index (κ2) is 8.13. The molecule has 5 nitrogen and oxygen atoms in total. The zero-order chi connectivity index (χ0) is 15.9. The third-order valence-electron chi connectivity index (χ3n) is 4.15. The van der Waals surface area contributed by atoms with Gasteiger partial charge in [0.15, 0.2) is 5.96 Å². The van der Waals surface area contributed by atoms with Crippen molar-refractivity contribution in [3.63, 3.8) is 0 Å². The van der Waals surface area contributed by atoms with Crippen molar-refractivity contribution in [2.45, 2.75) is 39.2 Å². The Morgan fingerprint density at radius 1 is 1.55 bits per heavy atom. The van der Waals surface area contributed by atoms with E-state index < -0.39 is 0 Å². The number of aromatic nitrogens is 1. The van der Waals surface area contributed by atoms with Gasteiger partial charge in [-0.25, -0.2) is 0 Å². The summed E-state index contributed by atoms with van der Waals surface area (Å²) < 4.78 is 0. The van der Waals surface area contributed by atoms with Gasteiger partial charge in [0.25, 0.3) is 0 Å². The fraction of sp³-hybridized carbons (Fsp3) is 0.647. The van der Waals surface area contributed by atoms with Gasteiger partial charge in [0, 0.05) is 44.5 Å². The largest absolute Gasteiger partial charge is 0.391 e. The zero-order valence-electron chi connectivity index (χ0n) is 13.9. The highest BCUT2D eigenvalue weighted by Crippen LogP contribution is 2.24. The van der Waals surface area contributed by atoms with E-state index in [1.807, 2.05) is 12.3 Å². The van der Waals surface area contributed by atoms with Crippen LogP contribution in [0.15, 0.2) is 29.5 Å². The van der Waals surface area contributed by atoms with Crippen LogP contribution in [0.25, 0.3) is 0 Å². The number of hydrogen-bond acceptors (Lipinski definition) is 3. The molecule has 0 spiro atoms. The first-order valence-electron chi connectivity index (χ1n) is 8.23. The van der Waals surface area contributed by atoms with Crippen molar-refractivity contribution in [2.75, 3.05) is 26.2 Å². The molecule has 22 heavy (non-hydrogen) atoms. The van der Waals surface area contributed by atoms with Crippen LogP contribution in [0.1, 0.15) is 38.7 Å². The highest BCUT2D eigenvalue weighted by molar-refractivity contribution is 5.80. The quantitative estimate of drug-likeness (QED) is 0.644. The molecule has 2 heterocycles. The summed E-state index contributed by atoms with van der Waals surface area (Å²) in [7, 11) is 0. The van der Waals surface area contributed by atoms with Crippen LogP contribution in [0.5, 0.6) is 0 Å². The fourth-order valence-electron chi connectivity index (χ4n) is 2.84. The zero-order valence-corrected chi connectivity index (χ0v) is 13.9. The summed E-state index contributed by atoms with van der Waals surface area (Å²) in [5.41, 5.74) is 1.23. The van der Waals surface area contributed by atoms with Gasteiger partial charge in [0.2, 0.25) is 0 Å². The molecule has 2 atom stereocenters. The third kappa shape index (κ3) is 4.44. The van der Waals surface area contributed by atoms with Gasteiger partial charge in [-0.2, -0.15) is 0 Å². The van der Waals surface area contributed by atoms with E-state index in [2.05, 4.69) is 42.0 Å². The molecular formula is C17H28N4O. The maximum absolute atomic E-state index is 9.73. The Bertz CT molecular complexity index is 475. The van der Waals surface area contributed by atoms with Gasteiger partial charge in [-0.1, -0.05) is 19.9 Å². The van der Waals surface area contributed by atoms with E-state index in [0.29, 0.717) is 18.4 Å². The van der Waals surface area contributed by atoms with Crippen LogP contribution in [0.2, 0.25) is 0 Å². The van der Waals surface area contributed by atoms with Crippen molar-refractivity contribution in [2.24, 2.45) is 10.9 Å². The predicted molar refractivity (Wildman–Crippen MR) is 90.0 cm³/mol. The molecular weight excluding hydrogens is 276 g/mol. The van der Waals surface area contributed by atoms with Crippen molar-refractivity contribution < 1.29 is 5.11 Å². The van der Waals surface area contributed by atoms with Gasteiger partial charge in [-0.3, -0.25) is 9.98 Å². The monoisotopic (exact) mass is 304 g/mol. The number of hydrogen-bond donors (Lipinski definition) is 2. The van der Waals surface area contributed by atoms with Gasteiger partial charge in [0.05, 0.1) is 6.10 Å². The number of β-amino-alcohol motifs (C(OH)–C–C–N with tert-alkyl or cyclic N) is 1. The topological polar surface area (TPSA) is 60.8 Å². The molecule has 2 N–H and O–H groups in total. The number of rotatable bonds is 5. The Labute approximate surface area is 133 Å². The lowest BCUT2D eigenvalue weighted by atomic mass is 9.89. The maximum atomic E-state index is 9.73. The first-order valence-corrected chi connectivity index (χ1v) is 8.23. The third-order valence-corrected chi connectivity index (χ3v) is 4.15. The molecule has 0 bridgehead atoms. The molecule has 5 heteroatoms. The predicted octanol–water partition coefficient (Wildman–Crippen LogP) is 1.85. The summed E-state index contributed by atoms with van der Waals surface area (Å²) >= 11 is 0. The first kappa shape index (κ1) is 16.7. The molecule has 0 saturated carbocycles. The molecule has 1 saturated heterocycles. The van der Waals surface area contributed by atoms with Crippen molar-refractivity contribution in [1.82, 2.24) is 15.2 Å². The lowest BCUT2D eigenvalue weighted by Crippen LogP contribution is -2.40. The minimum absolute atomic E-state index is 0.233. The second-order valence-electron chi connectivity index (χ2n) is 6.22. The Balaban J connectivity index is 2.10. The number of pyridine rings is 1. The first-order chi connectivity index (χ1) is 10.6. The van der Waals surface area contributed by atoms with Gasteiger partial charge < -0.3 is 15.3 Å². The van der Waals surface area contributed by atoms with E-state index >= 15 is 0 Å². The number of aliphatic hydroxyl groups is 1. The number of guanidine groups is 1. The Hall–Kier alpha value is -1.62. The Morgan fingerprint density at radius 2 is 2.36 bits per heavy atom. The molecule has 0 aromatic carbocycles. The van der Waals surface area contributed by atoms with Gasteiger partial charge in [-0.05, 0) is 30.9 Å². The molecule has 1 fully saturated rings. The summed E-state index contributed by atoms with van der Waals surface area (Å²) in [6, 6.07) is 4.11. The molecule has 1 aliphatic heterocycles. The average molecular weight is 304 g/mol. The number of aliphatic imine (C=N–C) groups is 1. The number of nitrogens with zero attached hydrogens (tertiary/aromatic N) is 3. The van der Waals surface area contributed by atoms with E-state index in [1.54, 1.807) is 6.20 Å². The molecule has 1 aliphatic rings. The van der Waals surface area contributed by atoms with Crippen LogP contribution >= 0.6 is 0 Å². The Morgan fingerprint density at radius 3 is 2.91 bits per heavy atom. The fourth-order valence-corrected chi connectivity index (χ4v) is 2.84. The van der Waals surface area contributed by atoms with Crippen LogP contribution < -0.4 is 5.32 Å². The molecule has 1 unspecified atom stereocenters. The van der Waals surface area contributed by atoms with Gasteiger partial charge in [0.1, 0.15) is 0 Å². The van der Waals surface area contributed by atoms with Crippen LogP contribution in [0, 0.1) is 5.92 Å². The lowest BCUT2D eigenvalue weighted by Gasteiger charge is -2.24. The van der Waals surface area contributed by atoms with Gasteiger partial charge >= 0.3 is 0 Å². The minimum atomic E-state index is -0.233. The second-order valence-corrected chi connectivity index (χ2v) is 6.22. The van der Waals surface area contributed by atoms with E-state index in [9.17, 15) is 5.11 Å². The number of aliphatic hydroxyl groups excluding tert-OH is 1. The molecule has 1 aromatic rings. The summed E-state index contributed by atoms with van der Waals surface area (Å²) in [4.78, 5) is 11.2. The van der Waals surface area contributed by atoms with Crippen molar-refractivity contribution >= 4 is 5.96 Å². The normalized spacial score (nSPS) is 20.5. The van der Waals surface area contributed by atoms with E-state index in [-0.39, 0.29) is 6.10 Å². The SMILES string of the molecule is CCNC(=NCC(c1cccnc1)C(C)C)N1CC[C@@H](O)C1. The van der Waals surface area contributed by atoms with E-state index in [0.717, 1.165) is 32.0 Å². The summed E-state index contributed by atoms with van der Waals surface area (Å²) in [5.74, 6) is 1.77. The smallest absolute Gasteiger partial charge is 0.194 e. The van der Waals surface area contributed by atoms with Crippen molar-refractivity contribution in [1.29, 1.82) is 0 Å². The average Bonchev–Trinajstić information content (AvgIpc) is 2.93. The van der Waals surface area contributed by atoms with Crippen molar-refractivity contribution in [3.05, 3.63) is 30.1 Å². The number of nitrogens with one attached hydrogen (secondary N) is 1. The minimum Gasteiger partial charge on any atom is -0.391 e. The molecule has 122 valence electrons. The highest BCUT2D eigenvalue weighted by Gasteiger charge is 2.23. The highest BCUT2D eigenvalue weighted by atomic mass is 16.3.